The Morgan fingerprint density at radius 1 is 1.26 bits per heavy atom. The number of hydrogen-bond acceptors (Lipinski definition) is 10. The molecule has 1 aromatic carbocycles. The van der Waals surface area contributed by atoms with Gasteiger partial charge in [-0.3, -0.25) is 4.79 Å². The maximum absolute atomic E-state index is 12.2. The third kappa shape index (κ3) is 5.57. The van der Waals surface area contributed by atoms with E-state index in [4.69, 9.17) is 15.6 Å². The molecule has 15 heteroatoms. The topological polar surface area (TPSA) is 196 Å². The average Bonchev–Trinajstić information content (AvgIpc) is 3.03. The number of amides is 1. The molecule has 2 aromatic rings. The summed E-state index contributed by atoms with van der Waals surface area (Å²) >= 11 is 0.578. The first-order valence-electron chi connectivity index (χ1n) is 7.12. The molecule has 0 unspecified atom stereocenters. The predicted octanol–water partition coefficient (Wildman–Crippen LogP) is -0.917. The Morgan fingerprint density at radius 3 is 2.52 bits per heavy atom. The lowest BCUT2D eigenvalue weighted by Gasteiger charge is -2.09. The monoisotopic (exact) mass is 436 g/mol. The molecular formula is C12H16N6O6S3. The molecular weight excluding hydrogens is 420 g/mol. The van der Waals surface area contributed by atoms with Gasteiger partial charge in [-0.15, -0.1) is 10.2 Å². The van der Waals surface area contributed by atoms with E-state index in [1.807, 2.05) is 0 Å². The van der Waals surface area contributed by atoms with Crippen molar-refractivity contribution in [2.24, 2.45) is 5.14 Å². The third-order valence-corrected chi connectivity index (χ3v) is 6.66. The summed E-state index contributed by atoms with van der Waals surface area (Å²) in [5, 5.41) is 13.9. The van der Waals surface area contributed by atoms with E-state index in [0.717, 1.165) is 0 Å². The van der Waals surface area contributed by atoms with Crippen molar-refractivity contribution in [2.45, 2.75) is 15.7 Å². The molecule has 0 radical (unpaired) electrons. The Morgan fingerprint density at radius 2 is 1.96 bits per heavy atom. The van der Waals surface area contributed by atoms with Crippen LogP contribution in [0.1, 0.15) is 6.42 Å². The summed E-state index contributed by atoms with van der Waals surface area (Å²) < 4.78 is 53.3. The maximum atomic E-state index is 12.2. The minimum atomic E-state index is -4.01. The summed E-state index contributed by atoms with van der Waals surface area (Å²) in [6.45, 7) is -0.207. The second-order valence-corrected chi connectivity index (χ2v) is 9.50. The molecule has 0 saturated heterocycles. The molecule has 27 heavy (non-hydrogen) atoms. The lowest BCUT2D eigenvalue weighted by atomic mass is 10.3. The number of primary sulfonamides is 1. The van der Waals surface area contributed by atoms with Crippen LogP contribution in [0.25, 0.3) is 0 Å². The summed E-state index contributed by atoms with van der Waals surface area (Å²) in [6.07, 6.45) is -0.227. The molecule has 0 bridgehead atoms. The number of ether oxygens (including phenoxy) is 1. The molecule has 0 atom stereocenters. The van der Waals surface area contributed by atoms with E-state index in [0.29, 0.717) is 17.1 Å². The highest BCUT2D eigenvalue weighted by molar-refractivity contribution is 7.91. The summed E-state index contributed by atoms with van der Waals surface area (Å²) in [5.74, 6) is -0.256. The van der Waals surface area contributed by atoms with Crippen LogP contribution >= 0.6 is 11.3 Å². The normalized spacial score (nSPS) is 11.9. The van der Waals surface area contributed by atoms with E-state index in [1.165, 1.54) is 25.3 Å². The highest BCUT2D eigenvalue weighted by atomic mass is 32.2. The van der Waals surface area contributed by atoms with Crippen LogP contribution < -0.4 is 25.6 Å². The van der Waals surface area contributed by atoms with Crippen LogP contribution in [-0.4, -0.2) is 46.6 Å². The minimum absolute atomic E-state index is 0.0742. The first kappa shape index (κ1) is 21.0. The van der Waals surface area contributed by atoms with Crippen LogP contribution in [0.2, 0.25) is 0 Å². The number of anilines is 2. The number of nitrogens with one attached hydrogen (secondary N) is 2. The van der Waals surface area contributed by atoms with Gasteiger partial charge in [0.25, 0.3) is 10.0 Å². The van der Waals surface area contributed by atoms with Gasteiger partial charge in [0.05, 0.1) is 17.7 Å². The molecule has 6 N–H and O–H groups in total. The van der Waals surface area contributed by atoms with Gasteiger partial charge in [-0.25, -0.2) is 26.7 Å². The van der Waals surface area contributed by atoms with E-state index in [-0.39, 0.29) is 28.7 Å². The largest absolute Gasteiger partial charge is 0.495 e. The van der Waals surface area contributed by atoms with E-state index in [9.17, 15) is 21.6 Å². The van der Waals surface area contributed by atoms with E-state index < -0.39 is 30.3 Å². The van der Waals surface area contributed by atoms with Gasteiger partial charge in [-0.2, -0.15) is 0 Å². The van der Waals surface area contributed by atoms with Gasteiger partial charge in [-0.1, -0.05) is 11.3 Å². The number of benzene rings is 1. The SMILES string of the molecule is COc1ccc(S(=O)(=O)NCCC(=O)Nc2nnc(S(N)(=O)=O)s2)cc1N. The lowest BCUT2D eigenvalue weighted by molar-refractivity contribution is -0.116. The average molecular weight is 436 g/mol. The van der Waals surface area contributed by atoms with Crippen molar-refractivity contribution < 1.29 is 26.4 Å². The van der Waals surface area contributed by atoms with Gasteiger partial charge in [-0.05, 0) is 18.2 Å². The zero-order valence-electron chi connectivity index (χ0n) is 13.9. The molecule has 0 aliphatic heterocycles. The fourth-order valence-corrected chi connectivity index (χ4v) is 4.24. The van der Waals surface area contributed by atoms with Gasteiger partial charge in [0, 0.05) is 13.0 Å². The first-order valence-corrected chi connectivity index (χ1v) is 11.0. The quantitative estimate of drug-likeness (QED) is 0.299. The fourth-order valence-electron chi connectivity index (χ4n) is 1.82. The molecule has 0 spiro atoms. The minimum Gasteiger partial charge on any atom is -0.495 e. The van der Waals surface area contributed by atoms with Crippen molar-refractivity contribution >= 4 is 48.1 Å². The maximum Gasteiger partial charge on any atom is 0.267 e. The fraction of sp³-hybridized carbons (Fsp3) is 0.250. The molecule has 2 rings (SSSR count). The second-order valence-electron chi connectivity index (χ2n) is 5.02. The number of methoxy groups -OCH3 is 1. The van der Waals surface area contributed by atoms with Crippen molar-refractivity contribution in [2.75, 3.05) is 24.7 Å². The number of rotatable bonds is 8. The molecule has 1 amide bonds. The van der Waals surface area contributed by atoms with Crippen molar-refractivity contribution in [1.29, 1.82) is 0 Å². The number of carbonyl (C=O) groups is 1. The number of hydrogen-bond donors (Lipinski definition) is 4. The highest BCUT2D eigenvalue weighted by Gasteiger charge is 2.18. The Hall–Kier alpha value is -2.33. The number of nitrogen functional groups attached to an aromatic ring is 1. The number of nitrogens with two attached hydrogens (primary N) is 2. The highest BCUT2D eigenvalue weighted by Crippen LogP contribution is 2.24. The Labute approximate surface area is 159 Å². The molecule has 0 saturated carbocycles. The number of sulfonamides is 2. The summed E-state index contributed by atoms with van der Waals surface area (Å²) in [7, 11) is -6.49. The van der Waals surface area contributed by atoms with Gasteiger partial charge in [0.15, 0.2) is 0 Å². The van der Waals surface area contributed by atoms with Gasteiger partial charge in [0.1, 0.15) is 5.75 Å². The molecule has 0 aliphatic rings. The van der Waals surface area contributed by atoms with Crippen molar-refractivity contribution in [3.63, 3.8) is 0 Å². The van der Waals surface area contributed by atoms with Crippen molar-refractivity contribution in [1.82, 2.24) is 14.9 Å². The zero-order valence-corrected chi connectivity index (χ0v) is 16.3. The molecule has 0 fully saturated rings. The molecule has 0 aliphatic carbocycles. The Kier molecular flexibility index (Phi) is 6.32. The van der Waals surface area contributed by atoms with Crippen LogP contribution in [0.5, 0.6) is 5.75 Å². The molecule has 1 heterocycles. The lowest BCUT2D eigenvalue weighted by Crippen LogP contribution is -2.28. The standard InChI is InChI=1S/C12H16N6O6S3/c1-24-9-3-2-7(6-8(9)13)27(22,23)15-5-4-10(19)16-11-17-18-12(25-11)26(14,20)21/h2-3,6,15H,4-5,13H2,1H3,(H2,14,20,21)(H,16,17,19). The number of nitrogens with zero attached hydrogens (tertiary/aromatic N) is 2. The van der Waals surface area contributed by atoms with Crippen LogP contribution in [-0.2, 0) is 24.8 Å². The van der Waals surface area contributed by atoms with Crippen molar-refractivity contribution in [3.8, 4) is 5.75 Å². The smallest absolute Gasteiger partial charge is 0.267 e. The second kappa shape index (κ2) is 8.13. The molecule has 148 valence electrons. The van der Waals surface area contributed by atoms with Gasteiger partial charge >= 0.3 is 0 Å². The van der Waals surface area contributed by atoms with Crippen molar-refractivity contribution in [3.05, 3.63) is 18.2 Å². The van der Waals surface area contributed by atoms with Crippen LogP contribution in [0.4, 0.5) is 10.8 Å². The summed E-state index contributed by atoms with van der Waals surface area (Å²) in [6, 6.07) is 3.96. The van der Waals surface area contributed by atoms with Crippen LogP contribution in [0.3, 0.4) is 0 Å². The van der Waals surface area contributed by atoms with Gasteiger partial charge < -0.3 is 15.8 Å². The van der Waals surface area contributed by atoms with Crippen LogP contribution in [0.15, 0.2) is 27.4 Å². The Balaban J connectivity index is 1.92. The summed E-state index contributed by atoms with van der Waals surface area (Å²) in [5.41, 5.74) is 5.83. The first-order chi connectivity index (χ1) is 12.5. The number of aromatic nitrogens is 2. The predicted molar refractivity (Wildman–Crippen MR) is 97.1 cm³/mol. The third-order valence-electron chi connectivity index (χ3n) is 3.05. The van der Waals surface area contributed by atoms with E-state index >= 15 is 0 Å². The molecule has 1 aromatic heterocycles. The van der Waals surface area contributed by atoms with E-state index in [2.05, 4.69) is 20.2 Å². The molecule has 12 nitrogen and oxygen atoms in total. The summed E-state index contributed by atoms with van der Waals surface area (Å²) in [4.78, 5) is 11.7. The number of carbonyl (C=O) groups excluding carboxylic acids is 1. The van der Waals surface area contributed by atoms with E-state index in [1.54, 1.807) is 0 Å². The van der Waals surface area contributed by atoms with Crippen LogP contribution in [0, 0.1) is 0 Å². The van der Waals surface area contributed by atoms with Gasteiger partial charge in [0.2, 0.25) is 25.4 Å². The Bertz CT molecular complexity index is 1050. The zero-order chi connectivity index (χ0) is 20.2.